The zero-order valence-electron chi connectivity index (χ0n) is 16.6. The van der Waals surface area contributed by atoms with Gasteiger partial charge in [0, 0.05) is 13.1 Å². The lowest BCUT2D eigenvalue weighted by molar-refractivity contribution is -0.118. The molecule has 2 aromatic carbocycles. The first-order valence-electron chi connectivity index (χ1n) is 9.87. The smallest absolute Gasteiger partial charge is 0.262 e. The third-order valence-corrected chi connectivity index (χ3v) is 7.24. The molecule has 3 aromatic rings. The van der Waals surface area contributed by atoms with Crippen LogP contribution in [0.25, 0.3) is 10.9 Å². The third kappa shape index (κ3) is 4.79. The van der Waals surface area contributed by atoms with Gasteiger partial charge in [-0.15, -0.1) is 0 Å². The van der Waals surface area contributed by atoms with E-state index in [1.807, 2.05) is 18.2 Å². The van der Waals surface area contributed by atoms with Gasteiger partial charge in [-0.05, 0) is 43.2 Å². The van der Waals surface area contributed by atoms with Crippen molar-refractivity contribution in [2.75, 3.05) is 25.0 Å². The van der Waals surface area contributed by atoms with Crippen molar-refractivity contribution in [3.8, 4) is 5.88 Å². The Morgan fingerprint density at radius 2 is 1.87 bits per heavy atom. The van der Waals surface area contributed by atoms with Crippen LogP contribution in [0.5, 0.6) is 5.88 Å². The van der Waals surface area contributed by atoms with Crippen molar-refractivity contribution in [3.05, 3.63) is 53.8 Å². The first-order chi connectivity index (χ1) is 14.9. The molecule has 4 rings (SSSR count). The number of halogens is 1. The summed E-state index contributed by atoms with van der Waals surface area (Å²) in [4.78, 5) is 20.8. The summed E-state index contributed by atoms with van der Waals surface area (Å²) in [6.07, 6.45) is 4.06. The van der Waals surface area contributed by atoms with Crippen LogP contribution in [-0.4, -0.2) is 48.3 Å². The molecular formula is C21H21ClN4O4S. The summed E-state index contributed by atoms with van der Waals surface area (Å²) in [7, 11) is -3.64. The molecular weight excluding hydrogens is 440 g/mol. The molecule has 0 aliphatic carbocycles. The largest absolute Gasteiger partial charge is 0.467 e. The third-order valence-electron chi connectivity index (χ3n) is 5.01. The molecule has 10 heteroatoms. The maximum atomic E-state index is 12.9. The minimum Gasteiger partial charge on any atom is -0.467 e. The average molecular weight is 461 g/mol. The monoisotopic (exact) mass is 460 g/mol. The summed E-state index contributed by atoms with van der Waals surface area (Å²) < 4.78 is 32.8. The molecule has 1 aliphatic heterocycles. The first kappa shape index (κ1) is 21.5. The summed E-state index contributed by atoms with van der Waals surface area (Å²) in [5, 5.41) is 3.54. The van der Waals surface area contributed by atoms with Crippen LogP contribution < -0.4 is 10.1 Å². The maximum Gasteiger partial charge on any atom is 0.262 e. The summed E-state index contributed by atoms with van der Waals surface area (Å²) in [6, 6.07) is 11.6. The number of rotatable bonds is 6. The van der Waals surface area contributed by atoms with Crippen LogP contribution in [0.2, 0.25) is 5.02 Å². The van der Waals surface area contributed by atoms with Crippen molar-refractivity contribution in [1.29, 1.82) is 0 Å². The number of hydrogen-bond acceptors (Lipinski definition) is 6. The molecule has 0 bridgehead atoms. The molecule has 8 nitrogen and oxygen atoms in total. The first-order valence-corrected chi connectivity index (χ1v) is 11.7. The number of ether oxygens (including phenoxy) is 1. The topological polar surface area (TPSA) is 101 Å². The Bertz CT molecular complexity index is 1210. The minimum atomic E-state index is -3.64. The minimum absolute atomic E-state index is 0.0943. The molecule has 2 heterocycles. The highest BCUT2D eigenvalue weighted by atomic mass is 35.5. The van der Waals surface area contributed by atoms with Crippen LogP contribution in [0.15, 0.2) is 53.7 Å². The molecule has 1 amide bonds. The van der Waals surface area contributed by atoms with Gasteiger partial charge in [0.25, 0.3) is 5.91 Å². The van der Waals surface area contributed by atoms with E-state index in [1.165, 1.54) is 28.8 Å². The van der Waals surface area contributed by atoms with Gasteiger partial charge in [0.1, 0.15) is 6.33 Å². The number of nitrogens with one attached hydrogen (secondary N) is 1. The Hall–Kier alpha value is -2.75. The van der Waals surface area contributed by atoms with Crippen molar-refractivity contribution in [2.24, 2.45) is 0 Å². The van der Waals surface area contributed by atoms with Gasteiger partial charge >= 0.3 is 0 Å². The Kier molecular flexibility index (Phi) is 6.35. The number of carbonyl (C=O) groups excluding carboxylic acids is 1. The van der Waals surface area contributed by atoms with Crippen molar-refractivity contribution in [3.63, 3.8) is 0 Å². The van der Waals surface area contributed by atoms with E-state index in [1.54, 1.807) is 6.07 Å². The molecule has 1 fully saturated rings. The normalized spacial score (nSPS) is 15.0. The number of para-hydroxylation sites is 1. The Morgan fingerprint density at radius 1 is 1.10 bits per heavy atom. The summed E-state index contributed by atoms with van der Waals surface area (Å²) in [5.41, 5.74) is 0.910. The van der Waals surface area contributed by atoms with E-state index in [0.717, 1.165) is 19.3 Å². The summed E-state index contributed by atoms with van der Waals surface area (Å²) in [5.74, 6) is -0.203. The van der Waals surface area contributed by atoms with E-state index >= 15 is 0 Å². The Morgan fingerprint density at radius 3 is 2.68 bits per heavy atom. The number of anilines is 1. The van der Waals surface area contributed by atoms with Crippen LogP contribution in [0.3, 0.4) is 0 Å². The molecule has 1 aliphatic rings. The average Bonchev–Trinajstić information content (AvgIpc) is 2.79. The van der Waals surface area contributed by atoms with Crippen LogP contribution in [0.4, 0.5) is 5.69 Å². The molecule has 0 spiro atoms. The molecule has 1 N–H and O–H groups in total. The highest BCUT2D eigenvalue weighted by Gasteiger charge is 2.26. The molecule has 162 valence electrons. The highest BCUT2D eigenvalue weighted by Crippen LogP contribution is 2.28. The lowest BCUT2D eigenvalue weighted by Gasteiger charge is -2.26. The van der Waals surface area contributed by atoms with E-state index in [4.69, 9.17) is 16.3 Å². The number of fused-ring (bicyclic) bond motifs is 1. The zero-order chi connectivity index (χ0) is 21.8. The standard InChI is InChI=1S/C21H21ClN4O4S/c22-17-9-8-15(31(28,29)26-10-4-1-5-11-26)12-19(17)25-20(27)13-30-21-16-6-2-3-7-18(16)23-14-24-21/h2-3,6-9,12,14H,1,4-5,10-11,13H2,(H,25,27). The van der Waals surface area contributed by atoms with Crippen LogP contribution in [-0.2, 0) is 14.8 Å². The fourth-order valence-electron chi connectivity index (χ4n) is 3.43. The zero-order valence-corrected chi connectivity index (χ0v) is 18.2. The van der Waals surface area contributed by atoms with Crippen molar-refractivity contribution < 1.29 is 17.9 Å². The quantitative estimate of drug-likeness (QED) is 0.604. The molecule has 0 unspecified atom stereocenters. The number of piperidine rings is 1. The van der Waals surface area contributed by atoms with Gasteiger partial charge in [-0.1, -0.05) is 30.2 Å². The van der Waals surface area contributed by atoms with E-state index < -0.39 is 15.9 Å². The second-order valence-corrected chi connectivity index (χ2v) is 9.48. The van der Waals surface area contributed by atoms with Gasteiger partial charge in [-0.2, -0.15) is 4.31 Å². The fourth-order valence-corrected chi connectivity index (χ4v) is 5.14. The van der Waals surface area contributed by atoms with Crippen molar-refractivity contribution in [2.45, 2.75) is 24.2 Å². The predicted octanol–water partition coefficient (Wildman–Crippen LogP) is 3.48. The highest BCUT2D eigenvalue weighted by molar-refractivity contribution is 7.89. The molecule has 0 atom stereocenters. The summed E-state index contributed by atoms with van der Waals surface area (Å²) >= 11 is 6.19. The Labute approximate surface area is 185 Å². The lowest BCUT2D eigenvalue weighted by Crippen LogP contribution is -2.35. The van der Waals surface area contributed by atoms with E-state index in [0.29, 0.717) is 24.0 Å². The van der Waals surface area contributed by atoms with Crippen LogP contribution >= 0.6 is 11.6 Å². The van der Waals surface area contributed by atoms with Crippen molar-refractivity contribution in [1.82, 2.24) is 14.3 Å². The number of benzene rings is 2. The SMILES string of the molecule is O=C(COc1ncnc2ccccc12)Nc1cc(S(=O)(=O)N2CCCCC2)ccc1Cl. The van der Waals surface area contributed by atoms with Gasteiger partial charge < -0.3 is 10.1 Å². The number of aromatic nitrogens is 2. The van der Waals surface area contributed by atoms with Crippen LogP contribution in [0.1, 0.15) is 19.3 Å². The van der Waals surface area contributed by atoms with Crippen LogP contribution in [0, 0.1) is 0 Å². The maximum absolute atomic E-state index is 12.9. The van der Waals surface area contributed by atoms with Gasteiger partial charge in [-0.3, -0.25) is 4.79 Å². The van der Waals surface area contributed by atoms with Gasteiger partial charge in [0.15, 0.2) is 6.61 Å². The lowest BCUT2D eigenvalue weighted by atomic mass is 10.2. The number of carbonyl (C=O) groups is 1. The van der Waals surface area contributed by atoms with Crippen molar-refractivity contribution >= 4 is 44.1 Å². The molecule has 1 saturated heterocycles. The Balaban J connectivity index is 1.47. The van der Waals surface area contributed by atoms with E-state index in [9.17, 15) is 13.2 Å². The fraction of sp³-hybridized carbons (Fsp3) is 0.286. The van der Waals surface area contributed by atoms with E-state index in [2.05, 4.69) is 15.3 Å². The number of hydrogen-bond donors (Lipinski definition) is 1. The van der Waals surface area contributed by atoms with Gasteiger partial charge in [0.2, 0.25) is 15.9 Å². The number of nitrogens with zero attached hydrogens (tertiary/aromatic N) is 3. The number of sulfonamides is 1. The molecule has 31 heavy (non-hydrogen) atoms. The molecule has 0 radical (unpaired) electrons. The predicted molar refractivity (Wildman–Crippen MR) is 118 cm³/mol. The number of amides is 1. The summed E-state index contributed by atoms with van der Waals surface area (Å²) in [6.45, 7) is 0.668. The van der Waals surface area contributed by atoms with Gasteiger partial charge in [0.05, 0.1) is 26.5 Å². The molecule has 0 saturated carbocycles. The molecule has 1 aromatic heterocycles. The van der Waals surface area contributed by atoms with Gasteiger partial charge in [-0.25, -0.2) is 18.4 Å². The second-order valence-electron chi connectivity index (χ2n) is 7.14. The second kappa shape index (κ2) is 9.17. The van der Waals surface area contributed by atoms with E-state index in [-0.39, 0.29) is 28.1 Å².